The fourth-order valence-electron chi connectivity index (χ4n) is 1.99. The van der Waals surface area contributed by atoms with Crippen molar-refractivity contribution in [1.29, 1.82) is 0 Å². The minimum atomic E-state index is -3.40. The van der Waals surface area contributed by atoms with E-state index >= 15 is 0 Å². The average Bonchev–Trinajstić information content (AvgIpc) is 3.09. The van der Waals surface area contributed by atoms with Gasteiger partial charge in [-0.25, -0.2) is 18.1 Å². The van der Waals surface area contributed by atoms with Gasteiger partial charge in [0.2, 0.25) is 10.0 Å². The zero-order valence-electron chi connectivity index (χ0n) is 11.5. The number of hydrogen-bond acceptors (Lipinski definition) is 5. The second-order valence-corrected chi connectivity index (χ2v) is 10.2. The van der Waals surface area contributed by atoms with Crippen LogP contribution in [0.2, 0.25) is 0 Å². The zero-order valence-corrected chi connectivity index (χ0v) is 15.5. The molecule has 0 aliphatic heterocycles. The standard InChI is InChI=1S/C14H13BrN2O2S3/c15-12-7-8-14(21-12)22(18,19)16-9-3-6-13-17-10-4-1-2-5-11(10)20-13/h1-2,4-5,7-8,16H,3,6,9H2. The minimum Gasteiger partial charge on any atom is -0.241 e. The Morgan fingerprint density at radius 1 is 1.14 bits per heavy atom. The summed E-state index contributed by atoms with van der Waals surface area (Å²) in [5.41, 5.74) is 1.01. The number of nitrogens with one attached hydrogen (secondary N) is 1. The molecule has 0 aliphatic rings. The number of aryl methyl sites for hydroxylation is 1. The van der Waals surface area contributed by atoms with Crippen LogP contribution in [0.4, 0.5) is 0 Å². The maximum absolute atomic E-state index is 12.1. The SMILES string of the molecule is O=S(=O)(NCCCc1nc2ccccc2s1)c1ccc(Br)s1. The molecular formula is C14H13BrN2O2S3. The van der Waals surface area contributed by atoms with Crippen LogP contribution in [-0.2, 0) is 16.4 Å². The number of fused-ring (bicyclic) bond motifs is 1. The zero-order chi connectivity index (χ0) is 15.6. The first-order valence-electron chi connectivity index (χ1n) is 6.64. The first-order chi connectivity index (χ1) is 10.5. The van der Waals surface area contributed by atoms with Crippen molar-refractivity contribution in [3.05, 3.63) is 45.2 Å². The molecule has 1 N–H and O–H groups in total. The van der Waals surface area contributed by atoms with Crippen LogP contribution in [0.3, 0.4) is 0 Å². The fraction of sp³-hybridized carbons (Fsp3) is 0.214. The molecule has 1 aromatic carbocycles. The maximum Gasteiger partial charge on any atom is 0.250 e. The van der Waals surface area contributed by atoms with Crippen LogP contribution in [0.5, 0.6) is 0 Å². The molecular weight excluding hydrogens is 404 g/mol. The molecule has 0 unspecified atom stereocenters. The van der Waals surface area contributed by atoms with Crippen molar-refractivity contribution in [2.45, 2.75) is 17.1 Å². The Labute approximate surface area is 145 Å². The molecule has 2 heterocycles. The lowest BCUT2D eigenvalue weighted by molar-refractivity contribution is 0.581. The van der Waals surface area contributed by atoms with E-state index in [0.29, 0.717) is 10.8 Å². The molecule has 116 valence electrons. The largest absolute Gasteiger partial charge is 0.250 e. The van der Waals surface area contributed by atoms with Crippen molar-refractivity contribution < 1.29 is 8.42 Å². The fourth-order valence-corrected chi connectivity index (χ4v) is 6.12. The lowest BCUT2D eigenvalue weighted by atomic mass is 10.3. The van der Waals surface area contributed by atoms with Crippen LogP contribution >= 0.6 is 38.6 Å². The van der Waals surface area contributed by atoms with Gasteiger partial charge < -0.3 is 0 Å². The summed E-state index contributed by atoms with van der Waals surface area (Å²) in [6, 6.07) is 11.3. The lowest BCUT2D eigenvalue weighted by Gasteiger charge is -2.03. The van der Waals surface area contributed by atoms with Crippen molar-refractivity contribution in [3.63, 3.8) is 0 Å². The third-order valence-corrected chi connectivity index (χ3v) is 7.68. The summed E-state index contributed by atoms with van der Waals surface area (Å²) in [6.45, 7) is 0.410. The molecule has 22 heavy (non-hydrogen) atoms. The molecule has 0 radical (unpaired) electrons. The molecule has 0 spiro atoms. The van der Waals surface area contributed by atoms with E-state index < -0.39 is 10.0 Å². The van der Waals surface area contributed by atoms with Crippen molar-refractivity contribution in [2.75, 3.05) is 6.54 Å². The molecule has 0 saturated heterocycles. The number of halogens is 1. The van der Waals surface area contributed by atoms with Crippen molar-refractivity contribution in [1.82, 2.24) is 9.71 Å². The molecule has 4 nitrogen and oxygen atoms in total. The molecule has 3 aromatic rings. The second-order valence-electron chi connectivity index (χ2n) is 4.64. The topological polar surface area (TPSA) is 59.1 Å². The maximum atomic E-state index is 12.1. The highest BCUT2D eigenvalue weighted by molar-refractivity contribution is 9.11. The third kappa shape index (κ3) is 3.75. The molecule has 0 bridgehead atoms. The van der Waals surface area contributed by atoms with E-state index in [9.17, 15) is 8.42 Å². The Balaban J connectivity index is 1.55. The van der Waals surface area contributed by atoms with Gasteiger partial charge in [-0.05, 0) is 46.6 Å². The van der Waals surface area contributed by atoms with E-state index in [0.717, 1.165) is 27.2 Å². The summed E-state index contributed by atoms with van der Waals surface area (Å²) in [4.78, 5) is 4.55. The Morgan fingerprint density at radius 2 is 1.95 bits per heavy atom. The number of thiazole rings is 1. The summed E-state index contributed by atoms with van der Waals surface area (Å²) in [6.07, 6.45) is 1.50. The number of hydrogen-bond donors (Lipinski definition) is 1. The van der Waals surface area contributed by atoms with Crippen LogP contribution < -0.4 is 4.72 Å². The van der Waals surface area contributed by atoms with E-state index in [1.54, 1.807) is 23.5 Å². The molecule has 0 atom stereocenters. The number of benzene rings is 1. The van der Waals surface area contributed by atoms with Gasteiger partial charge in [0.15, 0.2) is 0 Å². The monoisotopic (exact) mass is 416 g/mol. The molecule has 8 heteroatoms. The summed E-state index contributed by atoms with van der Waals surface area (Å²) in [7, 11) is -3.40. The van der Waals surface area contributed by atoms with E-state index in [2.05, 4.69) is 25.6 Å². The lowest BCUT2D eigenvalue weighted by Crippen LogP contribution is -2.24. The highest BCUT2D eigenvalue weighted by Gasteiger charge is 2.15. The smallest absolute Gasteiger partial charge is 0.241 e. The average molecular weight is 417 g/mol. The van der Waals surface area contributed by atoms with Gasteiger partial charge in [-0.2, -0.15) is 0 Å². The normalized spacial score (nSPS) is 12.0. The van der Waals surface area contributed by atoms with Gasteiger partial charge in [0, 0.05) is 13.0 Å². The first kappa shape index (κ1) is 16.1. The highest BCUT2D eigenvalue weighted by atomic mass is 79.9. The van der Waals surface area contributed by atoms with Crippen LogP contribution in [0.25, 0.3) is 10.2 Å². The van der Waals surface area contributed by atoms with Gasteiger partial charge in [-0.1, -0.05) is 12.1 Å². The van der Waals surface area contributed by atoms with Crippen LogP contribution in [0.1, 0.15) is 11.4 Å². The predicted molar refractivity (Wildman–Crippen MR) is 95.1 cm³/mol. The number of aromatic nitrogens is 1. The molecule has 2 aromatic heterocycles. The minimum absolute atomic E-state index is 0.333. The third-order valence-electron chi connectivity index (χ3n) is 3.01. The Hall–Kier alpha value is -0.800. The van der Waals surface area contributed by atoms with Gasteiger partial charge in [-0.3, -0.25) is 0 Å². The molecule has 0 amide bonds. The summed E-state index contributed by atoms with van der Waals surface area (Å²) in [5.74, 6) is 0. The van der Waals surface area contributed by atoms with Crippen LogP contribution in [0.15, 0.2) is 44.4 Å². The Kier molecular flexibility index (Phi) is 4.94. The Bertz CT molecular complexity index is 853. The summed E-state index contributed by atoms with van der Waals surface area (Å²) >= 11 is 6.14. The van der Waals surface area contributed by atoms with Gasteiger partial charge in [0.1, 0.15) is 4.21 Å². The summed E-state index contributed by atoms with van der Waals surface area (Å²) < 4.78 is 29.1. The first-order valence-corrected chi connectivity index (χ1v) is 10.5. The quantitative estimate of drug-likeness (QED) is 0.616. The van der Waals surface area contributed by atoms with Crippen LogP contribution in [-0.4, -0.2) is 19.9 Å². The van der Waals surface area contributed by atoms with E-state index in [1.165, 1.54) is 16.0 Å². The van der Waals surface area contributed by atoms with E-state index in [1.807, 2.05) is 24.3 Å². The van der Waals surface area contributed by atoms with Crippen molar-refractivity contribution >= 4 is 58.8 Å². The molecule has 0 fully saturated rings. The van der Waals surface area contributed by atoms with E-state index in [-0.39, 0.29) is 0 Å². The van der Waals surface area contributed by atoms with Crippen molar-refractivity contribution in [3.8, 4) is 0 Å². The second kappa shape index (κ2) is 6.76. The number of para-hydroxylation sites is 1. The number of thiophene rings is 1. The van der Waals surface area contributed by atoms with E-state index in [4.69, 9.17) is 0 Å². The van der Waals surface area contributed by atoms with Gasteiger partial charge >= 0.3 is 0 Å². The molecule has 3 rings (SSSR count). The van der Waals surface area contributed by atoms with Gasteiger partial charge in [0.05, 0.1) is 19.0 Å². The number of sulfonamides is 1. The predicted octanol–water partition coefficient (Wildman–Crippen LogP) is 4.03. The summed E-state index contributed by atoms with van der Waals surface area (Å²) in [5, 5.41) is 1.04. The van der Waals surface area contributed by atoms with Crippen LogP contribution in [0, 0.1) is 0 Å². The highest BCUT2D eigenvalue weighted by Crippen LogP contribution is 2.26. The number of rotatable bonds is 6. The molecule has 0 aliphatic carbocycles. The number of nitrogens with zero attached hydrogens (tertiary/aromatic N) is 1. The van der Waals surface area contributed by atoms with Gasteiger partial charge in [-0.15, -0.1) is 22.7 Å². The van der Waals surface area contributed by atoms with Crippen molar-refractivity contribution in [2.24, 2.45) is 0 Å². The van der Waals surface area contributed by atoms with Gasteiger partial charge in [0.25, 0.3) is 0 Å². The molecule has 0 saturated carbocycles. The Morgan fingerprint density at radius 3 is 2.68 bits per heavy atom.